The summed E-state index contributed by atoms with van der Waals surface area (Å²) in [5.74, 6) is 0.200. The van der Waals surface area contributed by atoms with Crippen LogP contribution in [0.5, 0.6) is 0 Å². The van der Waals surface area contributed by atoms with Gasteiger partial charge in [0.25, 0.3) is 0 Å². The summed E-state index contributed by atoms with van der Waals surface area (Å²) in [6.07, 6.45) is 2.06. The molecule has 2 rings (SSSR count). The van der Waals surface area contributed by atoms with Crippen molar-refractivity contribution in [3.05, 3.63) is 29.8 Å². The van der Waals surface area contributed by atoms with Gasteiger partial charge in [-0.15, -0.1) is 0 Å². The molecule has 4 heteroatoms. The Morgan fingerprint density at radius 1 is 1.29 bits per heavy atom. The maximum absolute atomic E-state index is 12.1. The monoisotopic (exact) mass is 288 g/mol. The summed E-state index contributed by atoms with van der Waals surface area (Å²) < 4.78 is 0. The molecule has 4 nitrogen and oxygen atoms in total. The molecule has 0 saturated carbocycles. The van der Waals surface area contributed by atoms with E-state index >= 15 is 0 Å². The third-order valence-electron chi connectivity index (χ3n) is 4.17. The van der Waals surface area contributed by atoms with Crippen LogP contribution in [0.15, 0.2) is 24.3 Å². The van der Waals surface area contributed by atoms with E-state index in [2.05, 4.69) is 5.32 Å². The van der Waals surface area contributed by atoms with E-state index in [4.69, 9.17) is 0 Å². The molecule has 21 heavy (non-hydrogen) atoms. The second kappa shape index (κ2) is 6.74. The Kier molecular flexibility index (Phi) is 4.99. The van der Waals surface area contributed by atoms with Gasteiger partial charge in [0.15, 0.2) is 0 Å². The molecule has 1 atom stereocenters. The lowest BCUT2D eigenvalue weighted by atomic mass is 10.0. The smallest absolute Gasteiger partial charge is 0.229 e. The first-order valence-electron chi connectivity index (χ1n) is 7.72. The van der Waals surface area contributed by atoms with Crippen LogP contribution >= 0.6 is 0 Å². The number of nitrogens with zero attached hydrogens (tertiary/aromatic N) is 1. The molecule has 1 aliphatic heterocycles. The summed E-state index contributed by atoms with van der Waals surface area (Å²) in [5, 5.41) is 3.02. The van der Waals surface area contributed by atoms with Crippen LogP contribution in [0.25, 0.3) is 0 Å². The first-order chi connectivity index (χ1) is 10.0. The molecule has 0 spiro atoms. The number of amides is 2. The van der Waals surface area contributed by atoms with Crippen molar-refractivity contribution in [1.29, 1.82) is 0 Å². The quantitative estimate of drug-likeness (QED) is 0.905. The maximum atomic E-state index is 12.1. The summed E-state index contributed by atoms with van der Waals surface area (Å²) in [6.45, 7) is 6.63. The van der Waals surface area contributed by atoms with E-state index < -0.39 is 0 Å². The van der Waals surface area contributed by atoms with Gasteiger partial charge in [0.1, 0.15) is 0 Å². The van der Waals surface area contributed by atoms with Gasteiger partial charge in [-0.1, -0.05) is 31.5 Å². The van der Waals surface area contributed by atoms with Crippen molar-refractivity contribution in [3.63, 3.8) is 0 Å². The molecule has 1 N–H and O–H groups in total. The molecule has 0 bridgehead atoms. The predicted octanol–water partition coefficient (Wildman–Crippen LogP) is 2.65. The van der Waals surface area contributed by atoms with Crippen LogP contribution in [0.1, 0.15) is 38.7 Å². The van der Waals surface area contributed by atoms with E-state index in [1.807, 2.05) is 45.0 Å². The fourth-order valence-electron chi connectivity index (χ4n) is 2.76. The van der Waals surface area contributed by atoms with Crippen molar-refractivity contribution < 1.29 is 9.59 Å². The third kappa shape index (κ3) is 3.63. The first-order valence-corrected chi connectivity index (χ1v) is 7.72. The average Bonchev–Trinajstić information content (AvgIpc) is 2.81. The molecule has 1 fully saturated rings. The summed E-state index contributed by atoms with van der Waals surface area (Å²) in [4.78, 5) is 26.0. The van der Waals surface area contributed by atoms with Crippen molar-refractivity contribution in [2.24, 2.45) is 5.92 Å². The van der Waals surface area contributed by atoms with Gasteiger partial charge in [-0.25, -0.2) is 0 Å². The Morgan fingerprint density at radius 2 is 1.90 bits per heavy atom. The van der Waals surface area contributed by atoms with Crippen LogP contribution in [0.4, 0.5) is 5.69 Å². The Hall–Kier alpha value is -1.84. The fourth-order valence-corrected chi connectivity index (χ4v) is 2.76. The Morgan fingerprint density at radius 3 is 2.48 bits per heavy atom. The average molecular weight is 288 g/mol. The molecular formula is C17H24N2O2. The number of anilines is 1. The number of hydrogen-bond acceptors (Lipinski definition) is 2. The molecule has 1 aliphatic rings. The van der Waals surface area contributed by atoms with E-state index in [1.165, 1.54) is 5.56 Å². The molecule has 1 aromatic rings. The molecule has 0 radical (unpaired) electrons. The first kappa shape index (κ1) is 15.5. The molecule has 0 aromatic heterocycles. The van der Waals surface area contributed by atoms with E-state index in [0.717, 1.165) is 18.5 Å². The summed E-state index contributed by atoms with van der Waals surface area (Å²) in [5.41, 5.74) is 2.08. The number of benzene rings is 1. The van der Waals surface area contributed by atoms with Crippen molar-refractivity contribution in [1.82, 2.24) is 5.32 Å². The molecule has 1 aromatic carbocycles. The van der Waals surface area contributed by atoms with Crippen LogP contribution in [0.3, 0.4) is 0 Å². The zero-order chi connectivity index (χ0) is 15.4. The molecule has 0 aliphatic carbocycles. The Balaban J connectivity index is 1.99. The lowest BCUT2D eigenvalue weighted by molar-refractivity contribution is -0.125. The number of nitrogens with one attached hydrogen (secondary N) is 1. The zero-order valence-corrected chi connectivity index (χ0v) is 13.1. The third-order valence-corrected chi connectivity index (χ3v) is 4.17. The van der Waals surface area contributed by atoms with Crippen LogP contribution in [0, 0.1) is 12.8 Å². The Bertz CT molecular complexity index is 506. The highest BCUT2D eigenvalue weighted by molar-refractivity contribution is 5.96. The highest BCUT2D eigenvalue weighted by atomic mass is 16.2. The van der Waals surface area contributed by atoms with E-state index in [0.29, 0.717) is 13.0 Å². The number of hydrogen-bond donors (Lipinski definition) is 1. The topological polar surface area (TPSA) is 49.4 Å². The highest BCUT2D eigenvalue weighted by Gasteiger charge is 2.32. The van der Waals surface area contributed by atoms with Crippen LogP contribution < -0.4 is 10.2 Å². The zero-order valence-electron chi connectivity index (χ0n) is 13.1. The minimum atomic E-state index is -0.0769. The molecule has 2 amide bonds. The molecule has 1 saturated heterocycles. The largest absolute Gasteiger partial charge is 0.351 e. The minimum Gasteiger partial charge on any atom is -0.351 e. The van der Waals surface area contributed by atoms with Crippen molar-refractivity contribution in [2.45, 2.75) is 46.1 Å². The van der Waals surface area contributed by atoms with Crippen LogP contribution in [-0.4, -0.2) is 24.4 Å². The molecular weight excluding hydrogens is 264 g/mol. The van der Waals surface area contributed by atoms with Gasteiger partial charge in [0, 0.05) is 24.6 Å². The summed E-state index contributed by atoms with van der Waals surface area (Å²) in [6, 6.07) is 7.83. The van der Waals surface area contributed by atoms with Crippen molar-refractivity contribution in [3.8, 4) is 0 Å². The maximum Gasteiger partial charge on any atom is 0.229 e. The van der Waals surface area contributed by atoms with Gasteiger partial charge in [-0.2, -0.15) is 0 Å². The van der Waals surface area contributed by atoms with Crippen molar-refractivity contribution >= 4 is 17.5 Å². The lowest BCUT2D eigenvalue weighted by Gasteiger charge is -2.19. The van der Waals surface area contributed by atoms with Crippen molar-refractivity contribution in [2.75, 3.05) is 11.4 Å². The second-order valence-corrected chi connectivity index (χ2v) is 5.76. The predicted molar refractivity (Wildman–Crippen MR) is 84.2 cm³/mol. The second-order valence-electron chi connectivity index (χ2n) is 5.76. The normalized spacial score (nSPS) is 18.4. The van der Waals surface area contributed by atoms with Gasteiger partial charge < -0.3 is 10.2 Å². The number of carbonyl (C=O) groups is 2. The van der Waals surface area contributed by atoms with E-state index in [9.17, 15) is 9.59 Å². The minimum absolute atomic E-state index is 0.0496. The van der Waals surface area contributed by atoms with Gasteiger partial charge in [-0.3, -0.25) is 9.59 Å². The number of aryl methyl sites for hydroxylation is 1. The van der Waals surface area contributed by atoms with Gasteiger partial charge in [-0.05, 0) is 31.9 Å². The summed E-state index contributed by atoms with van der Waals surface area (Å²) in [7, 11) is 0. The fraction of sp³-hybridized carbons (Fsp3) is 0.529. The van der Waals surface area contributed by atoms with Gasteiger partial charge >= 0.3 is 0 Å². The highest BCUT2D eigenvalue weighted by Crippen LogP contribution is 2.22. The van der Waals surface area contributed by atoms with Gasteiger partial charge in [0.05, 0.1) is 6.04 Å². The molecule has 1 heterocycles. The van der Waals surface area contributed by atoms with Crippen LogP contribution in [0.2, 0.25) is 0 Å². The number of rotatable bonds is 5. The summed E-state index contributed by atoms with van der Waals surface area (Å²) >= 11 is 0. The van der Waals surface area contributed by atoms with Gasteiger partial charge in [0.2, 0.25) is 11.8 Å². The Labute approximate surface area is 126 Å². The molecule has 1 unspecified atom stereocenters. The lowest BCUT2D eigenvalue weighted by Crippen LogP contribution is -2.40. The standard InChI is InChI=1S/C17H24N2O2/c1-4-13(5-2)17(21)18-14-10-16(20)19(11-14)15-8-6-12(3)7-9-15/h6-9,13-14H,4-5,10-11H2,1-3H3,(H,18,21). The molecule has 114 valence electrons. The number of carbonyl (C=O) groups excluding carboxylic acids is 2. The SMILES string of the molecule is CCC(CC)C(=O)NC1CC(=O)N(c2ccc(C)cc2)C1. The van der Waals surface area contributed by atoms with E-state index in [1.54, 1.807) is 4.90 Å². The van der Waals surface area contributed by atoms with Crippen LogP contribution in [-0.2, 0) is 9.59 Å². The van der Waals surface area contributed by atoms with E-state index in [-0.39, 0.29) is 23.8 Å².